The molecule has 0 amide bonds. The molecule has 7 heteroatoms. The maximum Gasteiger partial charge on any atom is 0.0894 e. The number of anilines is 1. The first-order valence-electron chi connectivity index (χ1n) is 5.87. The Kier molecular flexibility index (Phi) is 4.18. The zero-order valence-corrected chi connectivity index (χ0v) is 14.2. The summed E-state index contributed by atoms with van der Waals surface area (Å²) in [6.07, 6.45) is 3.50. The van der Waals surface area contributed by atoms with Gasteiger partial charge in [-0.3, -0.25) is 0 Å². The molecule has 0 saturated heterocycles. The number of aromatic nitrogens is 3. The van der Waals surface area contributed by atoms with Crippen LogP contribution in [-0.4, -0.2) is 15.0 Å². The van der Waals surface area contributed by atoms with E-state index in [1.54, 1.807) is 22.2 Å². The molecule has 0 aliphatic carbocycles. The van der Waals surface area contributed by atoms with Crippen LogP contribution >= 0.6 is 43.2 Å². The molecule has 0 bridgehead atoms. The molecule has 20 heavy (non-hydrogen) atoms. The van der Waals surface area contributed by atoms with Crippen LogP contribution in [0.4, 0.5) is 5.69 Å². The van der Waals surface area contributed by atoms with Gasteiger partial charge in [-0.05, 0) is 50.1 Å². The molecule has 3 rings (SSSR count). The highest BCUT2D eigenvalue weighted by Gasteiger charge is 2.07. The van der Waals surface area contributed by atoms with Crippen LogP contribution in [0.5, 0.6) is 0 Å². The molecule has 1 N–H and O–H groups in total. The molecular formula is C13H10Br2N4S. The van der Waals surface area contributed by atoms with Crippen LogP contribution < -0.4 is 5.32 Å². The molecule has 2 heterocycles. The Balaban J connectivity index is 1.81. The monoisotopic (exact) mass is 412 g/mol. The molecule has 0 spiro atoms. The van der Waals surface area contributed by atoms with E-state index in [-0.39, 0.29) is 0 Å². The van der Waals surface area contributed by atoms with Gasteiger partial charge in [0, 0.05) is 15.9 Å². The van der Waals surface area contributed by atoms with Gasteiger partial charge in [0.05, 0.1) is 27.6 Å². The SMILES string of the molecule is Brc1cc(CNc2ccccc2-n2ccnn2)sc1Br. The minimum absolute atomic E-state index is 0.764. The molecule has 102 valence electrons. The van der Waals surface area contributed by atoms with Gasteiger partial charge < -0.3 is 5.32 Å². The minimum atomic E-state index is 0.764. The molecule has 0 saturated carbocycles. The molecule has 0 aliphatic heterocycles. The smallest absolute Gasteiger partial charge is 0.0894 e. The van der Waals surface area contributed by atoms with Crippen LogP contribution in [-0.2, 0) is 6.54 Å². The van der Waals surface area contributed by atoms with E-state index < -0.39 is 0 Å². The molecule has 1 aromatic carbocycles. The van der Waals surface area contributed by atoms with Crippen molar-refractivity contribution >= 4 is 48.9 Å². The van der Waals surface area contributed by atoms with Crippen LogP contribution in [0.3, 0.4) is 0 Å². The lowest BCUT2D eigenvalue weighted by atomic mass is 10.2. The third kappa shape index (κ3) is 2.94. The number of hydrogen-bond acceptors (Lipinski definition) is 4. The Labute approximate surface area is 137 Å². The fourth-order valence-corrected chi connectivity index (χ4v) is 3.94. The van der Waals surface area contributed by atoms with Crippen LogP contribution in [0, 0.1) is 0 Å². The van der Waals surface area contributed by atoms with Crippen LogP contribution in [0.15, 0.2) is 51.0 Å². The summed E-state index contributed by atoms with van der Waals surface area (Å²) in [5, 5.41) is 11.3. The molecule has 2 aromatic heterocycles. The fraction of sp³-hybridized carbons (Fsp3) is 0.0769. The maximum absolute atomic E-state index is 4.03. The van der Waals surface area contributed by atoms with Crippen LogP contribution in [0.25, 0.3) is 5.69 Å². The first-order valence-corrected chi connectivity index (χ1v) is 8.27. The number of halogens is 2. The number of hydrogen-bond donors (Lipinski definition) is 1. The number of thiophene rings is 1. The van der Waals surface area contributed by atoms with Crippen molar-refractivity contribution in [3.63, 3.8) is 0 Å². The van der Waals surface area contributed by atoms with E-state index in [1.165, 1.54) is 4.88 Å². The van der Waals surface area contributed by atoms with Gasteiger partial charge in [0.1, 0.15) is 0 Å². The Morgan fingerprint density at radius 1 is 1.25 bits per heavy atom. The van der Waals surface area contributed by atoms with Gasteiger partial charge >= 0.3 is 0 Å². The number of benzene rings is 1. The van der Waals surface area contributed by atoms with Crippen LogP contribution in [0.1, 0.15) is 4.88 Å². The Morgan fingerprint density at radius 2 is 2.10 bits per heavy atom. The van der Waals surface area contributed by atoms with Gasteiger partial charge in [-0.15, -0.1) is 16.4 Å². The van der Waals surface area contributed by atoms with E-state index in [1.807, 2.05) is 30.5 Å². The Morgan fingerprint density at radius 3 is 2.80 bits per heavy atom. The zero-order valence-electron chi connectivity index (χ0n) is 10.3. The van der Waals surface area contributed by atoms with E-state index >= 15 is 0 Å². The Hall–Kier alpha value is -1.18. The normalized spacial score (nSPS) is 10.7. The molecule has 0 unspecified atom stereocenters. The van der Waals surface area contributed by atoms with Crippen molar-refractivity contribution in [2.45, 2.75) is 6.54 Å². The first kappa shape index (κ1) is 13.8. The van der Waals surface area contributed by atoms with Crippen molar-refractivity contribution in [2.75, 3.05) is 5.32 Å². The average molecular weight is 414 g/mol. The summed E-state index contributed by atoms with van der Waals surface area (Å²) in [5.41, 5.74) is 2.01. The summed E-state index contributed by atoms with van der Waals surface area (Å²) in [7, 11) is 0. The molecule has 0 atom stereocenters. The summed E-state index contributed by atoms with van der Waals surface area (Å²) < 4.78 is 3.95. The number of nitrogens with zero attached hydrogens (tertiary/aromatic N) is 3. The summed E-state index contributed by atoms with van der Waals surface area (Å²) in [4.78, 5) is 1.25. The number of rotatable bonds is 4. The second-order valence-corrected chi connectivity index (χ2v) is 7.36. The molecule has 4 nitrogen and oxygen atoms in total. The van der Waals surface area contributed by atoms with E-state index in [0.29, 0.717) is 0 Å². The van der Waals surface area contributed by atoms with E-state index in [2.05, 4.69) is 53.6 Å². The number of para-hydroxylation sites is 2. The average Bonchev–Trinajstić information content (AvgIpc) is 3.08. The fourth-order valence-electron chi connectivity index (χ4n) is 1.82. The van der Waals surface area contributed by atoms with Gasteiger partial charge in [0.25, 0.3) is 0 Å². The second-order valence-electron chi connectivity index (χ2n) is 4.05. The summed E-state index contributed by atoms with van der Waals surface area (Å²) in [6, 6.07) is 10.1. The first-order chi connectivity index (χ1) is 9.74. The second kappa shape index (κ2) is 6.07. The highest BCUT2D eigenvalue weighted by atomic mass is 79.9. The van der Waals surface area contributed by atoms with Crippen molar-refractivity contribution in [3.8, 4) is 5.69 Å². The van der Waals surface area contributed by atoms with E-state index in [9.17, 15) is 0 Å². The van der Waals surface area contributed by atoms with E-state index in [4.69, 9.17) is 0 Å². The topological polar surface area (TPSA) is 42.7 Å². The predicted octanol–water partition coefficient (Wildman–Crippen LogP) is 4.47. The van der Waals surface area contributed by atoms with Crippen LogP contribution in [0.2, 0.25) is 0 Å². The van der Waals surface area contributed by atoms with Gasteiger partial charge in [-0.25, -0.2) is 4.68 Å². The van der Waals surface area contributed by atoms with Crippen molar-refractivity contribution in [1.82, 2.24) is 15.0 Å². The van der Waals surface area contributed by atoms with Crippen molar-refractivity contribution in [2.24, 2.45) is 0 Å². The molecule has 0 aliphatic rings. The maximum atomic E-state index is 4.03. The molecular weight excluding hydrogens is 404 g/mol. The van der Waals surface area contributed by atoms with Gasteiger partial charge in [0.2, 0.25) is 0 Å². The standard InChI is InChI=1S/C13H10Br2N4S/c14-10-7-9(20-13(10)15)8-16-11-3-1-2-4-12(11)19-6-5-17-18-19/h1-7,16H,8H2. The highest BCUT2D eigenvalue weighted by Crippen LogP contribution is 2.33. The Bertz CT molecular complexity index is 689. The third-order valence-electron chi connectivity index (χ3n) is 2.72. The number of nitrogens with one attached hydrogen (secondary N) is 1. The quantitative estimate of drug-likeness (QED) is 0.686. The zero-order chi connectivity index (χ0) is 13.9. The molecule has 0 fully saturated rings. The minimum Gasteiger partial charge on any atom is -0.378 e. The lowest BCUT2D eigenvalue weighted by Crippen LogP contribution is -2.04. The van der Waals surface area contributed by atoms with Gasteiger partial charge in [-0.2, -0.15) is 0 Å². The van der Waals surface area contributed by atoms with E-state index in [0.717, 1.165) is 26.2 Å². The lowest BCUT2D eigenvalue weighted by molar-refractivity contribution is 0.803. The lowest BCUT2D eigenvalue weighted by Gasteiger charge is -2.10. The van der Waals surface area contributed by atoms with Crippen molar-refractivity contribution < 1.29 is 0 Å². The highest BCUT2D eigenvalue weighted by molar-refractivity contribution is 9.13. The summed E-state index contributed by atoms with van der Waals surface area (Å²) in [6.45, 7) is 0.764. The molecule has 3 aromatic rings. The third-order valence-corrected chi connectivity index (χ3v) is 5.98. The van der Waals surface area contributed by atoms with Gasteiger partial charge in [0.15, 0.2) is 0 Å². The largest absolute Gasteiger partial charge is 0.378 e. The van der Waals surface area contributed by atoms with Crippen molar-refractivity contribution in [3.05, 3.63) is 55.9 Å². The summed E-state index contributed by atoms with van der Waals surface area (Å²) >= 11 is 8.72. The summed E-state index contributed by atoms with van der Waals surface area (Å²) in [5.74, 6) is 0. The predicted molar refractivity (Wildman–Crippen MR) is 88.4 cm³/mol. The van der Waals surface area contributed by atoms with Gasteiger partial charge in [-0.1, -0.05) is 17.3 Å². The van der Waals surface area contributed by atoms with Crippen molar-refractivity contribution in [1.29, 1.82) is 0 Å². The molecule has 0 radical (unpaired) electrons.